The monoisotopic (exact) mass is 337 g/mol. The number of carbonyl (C=O) groups excluding carboxylic acids is 1. The number of amides is 1. The van der Waals surface area contributed by atoms with Gasteiger partial charge in [-0.3, -0.25) is 9.78 Å². The number of hydrogen-bond acceptors (Lipinski definition) is 4. The lowest BCUT2D eigenvalue weighted by atomic mass is 9.96. The van der Waals surface area contributed by atoms with Crippen LogP contribution in [0, 0.1) is 12.8 Å². The van der Waals surface area contributed by atoms with Gasteiger partial charge in [-0.2, -0.15) is 0 Å². The normalized spacial score (nSPS) is 24.8. The van der Waals surface area contributed by atoms with Crippen LogP contribution in [0.2, 0.25) is 0 Å². The summed E-state index contributed by atoms with van der Waals surface area (Å²) in [7, 11) is 0. The van der Waals surface area contributed by atoms with E-state index >= 15 is 0 Å². The van der Waals surface area contributed by atoms with Crippen molar-refractivity contribution < 1.29 is 9.53 Å². The lowest BCUT2D eigenvalue weighted by Gasteiger charge is -2.30. The summed E-state index contributed by atoms with van der Waals surface area (Å²) in [6, 6.07) is 11.3. The van der Waals surface area contributed by atoms with Crippen molar-refractivity contribution in [1.82, 2.24) is 15.2 Å². The fourth-order valence-corrected chi connectivity index (χ4v) is 3.76. The van der Waals surface area contributed by atoms with Crippen molar-refractivity contribution in [2.45, 2.75) is 25.8 Å². The molecule has 1 amide bonds. The van der Waals surface area contributed by atoms with Crippen molar-refractivity contribution in [3.05, 3.63) is 53.9 Å². The maximum absolute atomic E-state index is 12.5. The summed E-state index contributed by atoms with van der Waals surface area (Å²) < 4.78 is 5.75. The summed E-state index contributed by atoms with van der Waals surface area (Å²) in [4.78, 5) is 19.1. The van der Waals surface area contributed by atoms with Gasteiger partial charge in [-0.1, -0.05) is 0 Å². The van der Waals surface area contributed by atoms with E-state index in [1.54, 1.807) is 6.20 Å². The van der Waals surface area contributed by atoms with Crippen molar-refractivity contribution in [2.24, 2.45) is 5.92 Å². The van der Waals surface area contributed by atoms with E-state index in [2.05, 4.69) is 15.2 Å². The number of benzene rings is 1. The molecule has 0 saturated carbocycles. The van der Waals surface area contributed by atoms with Crippen LogP contribution in [0.1, 0.15) is 28.9 Å². The van der Waals surface area contributed by atoms with Crippen molar-refractivity contribution >= 4 is 5.91 Å². The number of fused-ring (bicyclic) bond motifs is 2. The van der Waals surface area contributed by atoms with Crippen LogP contribution in [0.5, 0.6) is 11.5 Å². The largest absolute Gasteiger partial charge is 0.456 e. The van der Waals surface area contributed by atoms with E-state index in [9.17, 15) is 4.79 Å². The second-order valence-electron chi connectivity index (χ2n) is 7.08. The van der Waals surface area contributed by atoms with Gasteiger partial charge in [0.2, 0.25) is 0 Å². The van der Waals surface area contributed by atoms with Crippen molar-refractivity contribution in [3.63, 3.8) is 0 Å². The standard InChI is InChI=1S/C20H23N3O2/c1-14-2-5-19(11-21-14)25-18-6-3-16(4-7-18)20(24)22-17-10-15-8-9-23(12-15)13-17/h2-7,11,15,17H,8-10,12-13H2,1H3,(H,22,24)/t15-,17-/m1/s1. The van der Waals surface area contributed by atoms with E-state index < -0.39 is 0 Å². The number of ether oxygens (including phenoxy) is 1. The molecule has 25 heavy (non-hydrogen) atoms. The zero-order valence-electron chi connectivity index (χ0n) is 14.4. The van der Waals surface area contributed by atoms with Gasteiger partial charge in [0, 0.05) is 30.4 Å². The first-order valence-corrected chi connectivity index (χ1v) is 8.89. The molecule has 0 radical (unpaired) electrons. The van der Waals surface area contributed by atoms with Crippen LogP contribution >= 0.6 is 0 Å². The SMILES string of the molecule is Cc1ccc(Oc2ccc(C(=O)N[C@@H]3C[C@H]4CCN(C4)C3)cc2)cn1. The fraction of sp³-hybridized carbons (Fsp3) is 0.400. The topological polar surface area (TPSA) is 54.5 Å². The predicted octanol–water partition coefficient (Wildman–Crippen LogP) is 3.01. The Kier molecular flexibility index (Phi) is 4.40. The molecule has 2 bridgehead atoms. The first-order chi connectivity index (χ1) is 12.2. The van der Waals surface area contributed by atoms with E-state index in [0.29, 0.717) is 17.1 Å². The minimum absolute atomic E-state index is 0.00366. The zero-order chi connectivity index (χ0) is 17.2. The quantitative estimate of drug-likeness (QED) is 0.932. The highest BCUT2D eigenvalue weighted by molar-refractivity contribution is 5.94. The van der Waals surface area contributed by atoms with Crippen LogP contribution in [0.25, 0.3) is 0 Å². The van der Waals surface area contributed by atoms with Gasteiger partial charge in [-0.25, -0.2) is 0 Å². The van der Waals surface area contributed by atoms with Crippen molar-refractivity contribution in [2.75, 3.05) is 19.6 Å². The molecule has 1 unspecified atom stereocenters. The Morgan fingerprint density at radius 3 is 2.68 bits per heavy atom. The minimum atomic E-state index is -0.00366. The van der Waals surface area contributed by atoms with E-state index in [1.807, 2.05) is 43.3 Å². The third-order valence-electron chi connectivity index (χ3n) is 5.04. The highest BCUT2D eigenvalue weighted by Crippen LogP contribution is 2.27. The van der Waals surface area contributed by atoms with Gasteiger partial charge in [0.15, 0.2) is 0 Å². The summed E-state index contributed by atoms with van der Waals surface area (Å²) in [5.41, 5.74) is 1.62. The molecular formula is C20H23N3O2. The van der Waals surface area contributed by atoms with Gasteiger partial charge in [0.25, 0.3) is 5.91 Å². The molecule has 5 heteroatoms. The third-order valence-corrected chi connectivity index (χ3v) is 5.04. The summed E-state index contributed by atoms with van der Waals surface area (Å²) in [5, 5.41) is 3.18. The van der Waals surface area contributed by atoms with E-state index in [0.717, 1.165) is 24.6 Å². The van der Waals surface area contributed by atoms with Crippen molar-refractivity contribution in [3.8, 4) is 11.5 Å². The molecule has 0 spiro atoms. The van der Waals surface area contributed by atoms with E-state index in [1.165, 1.54) is 19.5 Å². The number of aryl methyl sites for hydroxylation is 1. The minimum Gasteiger partial charge on any atom is -0.456 e. The molecule has 2 aliphatic rings. The van der Waals surface area contributed by atoms with E-state index in [-0.39, 0.29) is 11.9 Å². The van der Waals surface area contributed by atoms with Crippen LogP contribution in [0.4, 0.5) is 0 Å². The van der Waals surface area contributed by atoms with Crippen molar-refractivity contribution in [1.29, 1.82) is 0 Å². The fourth-order valence-electron chi connectivity index (χ4n) is 3.76. The number of nitrogens with one attached hydrogen (secondary N) is 1. The Morgan fingerprint density at radius 2 is 1.96 bits per heavy atom. The predicted molar refractivity (Wildman–Crippen MR) is 95.9 cm³/mol. The second-order valence-corrected chi connectivity index (χ2v) is 7.08. The highest BCUT2D eigenvalue weighted by atomic mass is 16.5. The first kappa shape index (κ1) is 16.1. The van der Waals surface area contributed by atoms with Crippen LogP contribution in [0.3, 0.4) is 0 Å². The molecule has 2 aliphatic heterocycles. The molecule has 5 nitrogen and oxygen atoms in total. The number of rotatable bonds is 4. The molecule has 2 fully saturated rings. The van der Waals surface area contributed by atoms with Crippen LogP contribution in [-0.2, 0) is 0 Å². The Morgan fingerprint density at radius 1 is 1.16 bits per heavy atom. The number of piperidine rings is 1. The van der Waals surface area contributed by atoms with Crippen LogP contribution in [-0.4, -0.2) is 41.5 Å². The molecule has 130 valence electrons. The molecule has 4 rings (SSSR count). The summed E-state index contributed by atoms with van der Waals surface area (Å²) >= 11 is 0. The van der Waals surface area contributed by atoms with Gasteiger partial charge < -0.3 is 15.0 Å². The Hall–Kier alpha value is -2.40. The maximum Gasteiger partial charge on any atom is 0.251 e. The van der Waals surface area contributed by atoms with Crippen LogP contribution in [0.15, 0.2) is 42.6 Å². The van der Waals surface area contributed by atoms with E-state index in [4.69, 9.17) is 4.74 Å². The molecule has 1 aromatic carbocycles. The molecule has 1 N–H and O–H groups in total. The lowest BCUT2D eigenvalue weighted by molar-refractivity contribution is 0.0909. The average molecular weight is 337 g/mol. The average Bonchev–Trinajstić information content (AvgIpc) is 2.96. The summed E-state index contributed by atoms with van der Waals surface area (Å²) in [6.45, 7) is 5.29. The first-order valence-electron chi connectivity index (χ1n) is 8.89. The second kappa shape index (κ2) is 6.84. The smallest absolute Gasteiger partial charge is 0.251 e. The Bertz CT molecular complexity index is 731. The maximum atomic E-state index is 12.5. The zero-order valence-corrected chi connectivity index (χ0v) is 14.4. The van der Waals surface area contributed by atoms with Gasteiger partial charge >= 0.3 is 0 Å². The molecular weight excluding hydrogens is 314 g/mol. The highest BCUT2D eigenvalue weighted by Gasteiger charge is 2.32. The molecule has 3 atom stereocenters. The number of carbonyl (C=O) groups is 1. The lowest BCUT2D eigenvalue weighted by Crippen LogP contribution is -2.46. The van der Waals surface area contributed by atoms with Crippen LogP contribution < -0.4 is 10.1 Å². The Labute approximate surface area is 148 Å². The molecule has 1 aromatic heterocycles. The summed E-state index contributed by atoms with van der Waals surface area (Å²) in [5.74, 6) is 2.13. The molecule has 2 saturated heterocycles. The van der Waals surface area contributed by atoms with Gasteiger partial charge in [0.05, 0.1) is 6.20 Å². The number of nitrogens with zero attached hydrogens (tertiary/aromatic N) is 2. The molecule has 2 aromatic rings. The van der Waals surface area contributed by atoms with Gasteiger partial charge in [0.1, 0.15) is 11.5 Å². The number of aromatic nitrogens is 1. The number of pyridine rings is 1. The third kappa shape index (κ3) is 3.82. The number of hydrogen-bond donors (Lipinski definition) is 1. The van der Waals surface area contributed by atoms with Gasteiger partial charge in [-0.15, -0.1) is 0 Å². The summed E-state index contributed by atoms with van der Waals surface area (Å²) in [6.07, 6.45) is 4.07. The molecule has 0 aliphatic carbocycles. The Balaban J connectivity index is 1.36. The molecule has 3 heterocycles. The van der Waals surface area contributed by atoms with Gasteiger partial charge in [-0.05, 0) is 68.6 Å².